The summed E-state index contributed by atoms with van der Waals surface area (Å²) in [5, 5.41) is 9.82. The lowest BCUT2D eigenvalue weighted by atomic mass is 10.1. The van der Waals surface area contributed by atoms with Gasteiger partial charge in [0.2, 0.25) is 0 Å². The number of hydrogen-bond donors (Lipinski definition) is 2. The number of unbranched alkanes of at least 4 members (excludes halogenated alkanes) is 24. The van der Waals surface area contributed by atoms with Crippen LogP contribution in [0.4, 0.5) is 0 Å². The van der Waals surface area contributed by atoms with Crippen LogP contribution in [0, 0.1) is 0 Å². The van der Waals surface area contributed by atoms with Crippen molar-refractivity contribution >= 4 is 25.7 Å². The van der Waals surface area contributed by atoms with Crippen molar-refractivity contribution in [3.8, 4) is 0 Å². The molecule has 3 unspecified atom stereocenters. The molecule has 0 amide bonds. The van der Waals surface area contributed by atoms with Gasteiger partial charge in [0.1, 0.15) is 12.7 Å². The lowest BCUT2D eigenvalue weighted by Crippen LogP contribution is -2.30. The molecule has 0 aliphatic heterocycles. The number of carbonyl (C=O) groups is 3. The van der Waals surface area contributed by atoms with E-state index in [0.29, 0.717) is 19.3 Å². The molecule has 0 fully saturated rings. The summed E-state index contributed by atoms with van der Waals surface area (Å²) >= 11 is 0. The highest BCUT2D eigenvalue weighted by Crippen LogP contribution is 2.43. The van der Waals surface area contributed by atoms with Crippen LogP contribution in [-0.2, 0) is 42.2 Å². The van der Waals surface area contributed by atoms with Gasteiger partial charge in [0.15, 0.2) is 6.10 Å². The van der Waals surface area contributed by atoms with Crippen LogP contribution in [-0.4, -0.2) is 66.5 Å². The molecule has 0 aromatic carbocycles. The summed E-state index contributed by atoms with van der Waals surface area (Å²) in [6.45, 7) is 4.41. The molecule has 0 spiro atoms. The molecule has 0 aliphatic rings. The Morgan fingerprint density at radius 1 is 0.403 bits per heavy atom. The Kier molecular flexibility index (Phi) is 51.9. The van der Waals surface area contributed by atoms with Gasteiger partial charge in [0.25, 0.3) is 0 Å². The zero-order valence-electron chi connectivity index (χ0n) is 45.9. The molecular weight excluding hydrogens is 928 g/mol. The summed E-state index contributed by atoms with van der Waals surface area (Å²) in [4.78, 5) is 48.5. The van der Waals surface area contributed by atoms with Crippen molar-refractivity contribution < 1.29 is 52.2 Å². The number of hydrogen-bond acceptors (Lipinski definition) is 10. The van der Waals surface area contributed by atoms with E-state index in [2.05, 4.69) is 93.7 Å². The van der Waals surface area contributed by atoms with E-state index in [0.717, 1.165) is 128 Å². The molecule has 12 heteroatoms. The number of ether oxygens (including phenoxy) is 3. The number of aliphatic hydroxyl groups is 1. The minimum absolute atomic E-state index is 0.156. The van der Waals surface area contributed by atoms with Crippen LogP contribution in [0.1, 0.15) is 252 Å². The number of phosphoric acid groups is 1. The van der Waals surface area contributed by atoms with E-state index in [4.69, 9.17) is 23.3 Å². The Labute approximate surface area is 439 Å². The normalized spacial score (nSPS) is 13.9. The predicted molar refractivity (Wildman–Crippen MR) is 298 cm³/mol. The maximum absolute atomic E-state index is 12.9. The third-order valence-electron chi connectivity index (χ3n) is 12.1. The van der Waals surface area contributed by atoms with Crippen LogP contribution >= 0.6 is 7.82 Å². The molecule has 0 saturated heterocycles. The van der Waals surface area contributed by atoms with Gasteiger partial charge in [-0.1, -0.05) is 222 Å². The molecule has 3 atom stereocenters. The molecule has 0 bridgehead atoms. The molecule has 2 N–H and O–H groups in total. The Hall–Kier alpha value is -3.08. The van der Waals surface area contributed by atoms with Crippen molar-refractivity contribution in [3.63, 3.8) is 0 Å². The van der Waals surface area contributed by atoms with E-state index < -0.39 is 57.8 Å². The maximum atomic E-state index is 12.9. The molecule has 0 heterocycles. The fourth-order valence-corrected chi connectivity index (χ4v) is 8.58. The molecule has 0 saturated carbocycles. The van der Waals surface area contributed by atoms with Gasteiger partial charge in [-0.15, -0.1) is 0 Å². The Morgan fingerprint density at radius 2 is 0.722 bits per heavy atom. The SMILES string of the molecule is CC/C=C\C/C=C\C/C=C\CCCCCCCCCC(=O)OC(CO)COP(=O)(O)OCC(COC(=O)CCCCCCCCCCCCC)OC(=O)CCCCCCCCC/C=C\C/C=C\C/C=C\CC. The average molecular weight is 1030 g/mol. The second kappa shape index (κ2) is 54.2. The van der Waals surface area contributed by atoms with Gasteiger partial charge in [-0.25, -0.2) is 4.57 Å². The van der Waals surface area contributed by atoms with Gasteiger partial charge in [-0.2, -0.15) is 0 Å². The average Bonchev–Trinajstić information content (AvgIpc) is 3.37. The van der Waals surface area contributed by atoms with Crippen molar-refractivity contribution in [2.45, 2.75) is 264 Å². The number of aliphatic hydroxyl groups excluding tert-OH is 1. The zero-order valence-corrected chi connectivity index (χ0v) is 46.8. The van der Waals surface area contributed by atoms with E-state index in [-0.39, 0.29) is 25.9 Å². The number of phosphoric ester groups is 1. The third kappa shape index (κ3) is 51.8. The van der Waals surface area contributed by atoms with Gasteiger partial charge < -0.3 is 24.2 Å². The smallest absolute Gasteiger partial charge is 0.462 e. The van der Waals surface area contributed by atoms with E-state index in [1.54, 1.807) is 0 Å². The first-order chi connectivity index (χ1) is 35.2. The quantitative estimate of drug-likeness (QED) is 0.0197. The van der Waals surface area contributed by atoms with Crippen molar-refractivity contribution in [2.24, 2.45) is 0 Å². The highest BCUT2D eigenvalue weighted by molar-refractivity contribution is 7.47. The molecule has 0 rings (SSSR count). The second-order valence-electron chi connectivity index (χ2n) is 19.0. The van der Waals surface area contributed by atoms with Gasteiger partial charge in [-0.3, -0.25) is 23.4 Å². The predicted octanol–water partition coefficient (Wildman–Crippen LogP) is 16.9. The van der Waals surface area contributed by atoms with E-state index in [9.17, 15) is 28.9 Å². The van der Waals surface area contributed by atoms with Crippen LogP contribution < -0.4 is 0 Å². The van der Waals surface area contributed by atoms with Crippen LogP contribution in [0.2, 0.25) is 0 Å². The summed E-state index contributed by atoms with van der Waals surface area (Å²) in [6.07, 6.45) is 60.0. The second-order valence-corrected chi connectivity index (χ2v) is 20.5. The van der Waals surface area contributed by atoms with Crippen LogP contribution in [0.5, 0.6) is 0 Å². The molecule has 0 aromatic rings. The number of esters is 3. The third-order valence-corrected chi connectivity index (χ3v) is 13.1. The molecule has 0 aromatic heterocycles. The fourth-order valence-electron chi connectivity index (χ4n) is 7.80. The lowest BCUT2D eigenvalue weighted by molar-refractivity contribution is -0.161. The molecule has 0 aliphatic carbocycles. The van der Waals surface area contributed by atoms with Gasteiger partial charge in [0, 0.05) is 19.3 Å². The molecular formula is C60H105O11P. The number of allylic oxidation sites excluding steroid dienone is 12. The Morgan fingerprint density at radius 3 is 1.11 bits per heavy atom. The number of carbonyl (C=O) groups excluding carboxylic acids is 3. The first kappa shape index (κ1) is 68.9. The van der Waals surface area contributed by atoms with E-state index in [1.807, 2.05) is 0 Å². The highest BCUT2D eigenvalue weighted by atomic mass is 31.2. The maximum Gasteiger partial charge on any atom is 0.472 e. The van der Waals surface area contributed by atoms with Crippen LogP contribution in [0.3, 0.4) is 0 Å². The topological polar surface area (TPSA) is 155 Å². The summed E-state index contributed by atoms with van der Waals surface area (Å²) in [5.41, 5.74) is 0. The van der Waals surface area contributed by atoms with Crippen molar-refractivity contribution in [1.29, 1.82) is 0 Å². The van der Waals surface area contributed by atoms with Crippen LogP contribution in [0.15, 0.2) is 72.9 Å². The molecule has 72 heavy (non-hydrogen) atoms. The molecule has 0 radical (unpaired) electrons. The summed E-state index contributed by atoms with van der Waals surface area (Å²) in [7, 11) is -4.75. The van der Waals surface area contributed by atoms with E-state index >= 15 is 0 Å². The van der Waals surface area contributed by atoms with Crippen molar-refractivity contribution in [2.75, 3.05) is 26.4 Å². The summed E-state index contributed by atoms with van der Waals surface area (Å²) in [6, 6.07) is 0. The van der Waals surface area contributed by atoms with Crippen molar-refractivity contribution in [1.82, 2.24) is 0 Å². The fraction of sp³-hybridized carbons (Fsp3) is 0.750. The Balaban J connectivity index is 4.68. The highest BCUT2D eigenvalue weighted by Gasteiger charge is 2.28. The van der Waals surface area contributed by atoms with E-state index in [1.165, 1.54) is 64.2 Å². The standard InChI is InChI=1S/C60H105O11P/c1-4-7-10-13-16-19-22-24-26-28-30-32-35-38-41-44-47-50-59(63)70-56(52-61)54-68-72(65,66)69-55-57(53-67-58(62)49-46-43-40-37-34-21-18-15-12-9-6-3)71-60(64)51-48-45-42-39-36-33-31-29-27-25-23-20-17-14-11-8-5-2/h7-8,10-11,16-17,19-20,24-27,56-57,61H,4-6,9,12-15,18,21-23,28-55H2,1-3H3,(H,65,66)/b10-7-,11-8-,19-16-,20-17-,26-24-,27-25-. The minimum atomic E-state index is -4.75. The largest absolute Gasteiger partial charge is 0.472 e. The molecule has 416 valence electrons. The summed E-state index contributed by atoms with van der Waals surface area (Å²) < 4.78 is 39.5. The molecule has 11 nitrogen and oxygen atoms in total. The first-order valence-electron chi connectivity index (χ1n) is 28.8. The number of rotatable bonds is 53. The van der Waals surface area contributed by atoms with Crippen LogP contribution in [0.25, 0.3) is 0 Å². The van der Waals surface area contributed by atoms with Gasteiger partial charge >= 0.3 is 25.7 Å². The summed E-state index contributed by atoms with van der Waals surface area (Å²) in [5.74, 6) is -1.48. The first-order valence-corrected chi connectivity index (χ1v) is 30.3. The minimum Gasteiger partial charge on any atom is -0.462 e. The van der Waals surface area contributed by atoms with Gasteiger partial charge in [-0.05, 0) is 83.5 Å². The monoisotopic (exact) mass is 1030 g/mol. The lowest BCUT2D eigenvalue weighted by Gasteiger charge is -2.21. The van der Waals surface area contributed by atoms with Gasteiger partial charge in [0.05, 0.1) is 19.8 Å². The zero-order chi connectivity index (χ0) is 52.7. The van der Waals surface area contributed by atoms with Crippen molar-refractivity contribution in [3.05, 3.63) is 72.9 Å². The Bertz CT molecular complexity index is 1490.